The summed E-state index contributed by atoms with van der Waals surface area (Å²) in [6, 6.07) is 4.16. The first kappa shape index (κ1) is 17.5. The van der Waals surface area contributed by atoms with Crippen LogP contribution in [-0.2, 0) is 0 Å². The first-order valence-corrected chi connectivity index (χ1v) is 10.8. The molecule has 1 aliphatic carbocycles. The highest BCUT2D eigenvalue weighted by molar-refractivity contribution is 6.20. The molecule has 4 aliphatic heterocycles. The Hall–Kier alpha value is -3.40. The van der Waals surface area contributed by atoms with Crippen molar-refractivity contribution in [3.05, 3.63) is 94.6 Å². The Morgan fingerprint density at radius 3 is 2.43 bits per heavy atom. The van der Waals surface area contributed by atoms with Crippen molar-refractivity contribution in [2.75, 3.05) is 0 Å². The maximum atomic E-state index is 4.89. The summed E-state index contributed by atoms with van der Waals surface area (Å²) in [5.74, 6) is 0.457. The van der Waals surface area contributed by atoms with Gasteiger partial charge in [-0.05, 0) is 86.4 Å². The number of fused-ring (bicyclic) bond motifs is 6. The van der Waals surface area contributed by atoms with Crippen molar-refractivity contribution in [2.24, 2.45) is 15.9 Å². The Morgan fingerprint density at radius 2 is 1.67 bits per heavy atom. The molecule has 5 aliphatic rings. The van der Waals surface area contributed by atoms with Gasteiger partial charge in [0.15, 0.2) is 0 Å². The zero-order valence-corrected chi connectivity index (χ0v) is 16.8. The third-order valence-electron chi connectivity index (χ3n) is 6.37. The lowest BCUT2D eigenvalue weighted by atomic mass is 9.76. The van der Waals surface area contributed by atoms with Crippen molar-refractivity contribution in [3.63, 3.8) is 0 Å². The first-order valence-electron chi connectivity index (χ1n) is 10.8. The van der Waals surface area contributed by atoms with E-state index in [-0.39, 0.29) is 5.54 Å². The summed E-state index contributed by atoms with van der Waals surface area (Å²) in [6.45, 7) is 0. The number of nitrogens with one attached hydrogen (secondary N) is 2. The first-order chi connectivity index (χ1) is 14.7. The summed E-state index contributed by atoms with van der Waals surface area (Å²) in [4.78, 5) is 13.1. The lowest BCUT2D eigenvalue weighted by Crippen LogP contribution is -2.45. The molecule has 0 fully saturated rings. The lowest BCUT2D eigenvalue weighted by Gasteiger charge is -2.36. The van der Waals surface area contributed by atoms with E-state index >= 15 is 0 Å². The van der Waals surface area contributed by atoms with Gasteiger partial charge in [0.1, 0.15) is 0 Å². The SMILES string of the molecule is C1=CC(C23/C=C4/C=CC(=N4)/C=c4/cc/c([nH]4)=C/C4=NC(=C\C(=CC2)N3)/C=C4)CCC1. The molecule has 2 unspecified atom stereocenters. The standard InChI is InChI=1S/C26H24N4/c1-2-4-18(5-3-1)26-13-12-24(30-26)16-23-9-8-20(28-23)14-19-6-7-21(27-19)15-22-10-11-25(17-26)29-22/h2,4,6-12,14-18,27,30H,1,3,5,13H2/b19-14-,21-15-,23-16-,25-17-. The van der Waals surface area contributed by atoms with Crippen LogP contribution in [0.1, 0.15) is 25.7 Å². The summed E-state index contributed by atoms with van der Waals surface area (Å²) in [5, 5.41) is 5.93. The zero-order valence-electron chi connectivity index (χ0n) is 16.8. The van der Waals surface area contributed by atoms with E-state index in [0.717, 1.165) is 45.6 Å². The van der Waals surface area contributed by atoms with E-state index in [4.69, 9.17) is 9.98 Å². The predicted molar refractivity (Wildman–Crippen MR) is 123 cm³/mol. The third kappa shape index (κ3) is 3.18. The van der Waals surface area contributed by atoms with Crippen LogP contribution in [0.4, 0.5) is 0 Å². The van der Waals surface area contributed by atoms with E-state index in [1.807, 2.05) is 0 Å². The van der Waals surface area contributed by atoms with Crippen LogP contribution >= 0.6 is 0 Å². The molecule has 0 aromatic carbocycles. The normalized spacial score (nSPS) is 34.4. The molecule has 0 saturated heterocycles. The fourth-order valence-corrected chi connectivity index (χ4v) is 4.88. The molecule has 4 heteroatoms. The Bertz CT molecular complexity index is 1270. The van der Waals surface area contributed by atoms with Crippen LogP contribution in [0.2, 0.25) is 0 Å². The molecule has 2 N–H and O–H groups in total. The van der Waals surface area contributed by atoms with Crippen molar-refractivity contribution in [3.8, 4) is 0 Å². The second-order valence-electron chi connectivity index (χ2n) is 8.53. The van der Waals surface area contributed by atoms with Gasteiger partial charge in [0.05, 0.1) is 28.4 Å². The number of hydrogen-bond donors (Lipinski definition) is 2. The Balaban J connectivity index is 1.50. The molecule has 30 heavy (non-hydrogen) atoms. The number of aromatic amines is 1. The molecular weight excluding hydrogens is 368 g/mol. The minimum atomic E-state index is -0.139. The van der Waals surface area contributed by atoms with E-state index in [9.17, 15) is 0 Å². The van der Waals surface area contributed by atoms with Crippen molar-refractivity contribution < 1.29 is 0 Å². The average molecular weight is 393 g/mol. The van der Waals surface area contributed by atoms with Crippen LogP contribution in [0.25, 0.3) is 12.2 Å². The highest BCUT2D eigenvalue weighted by Gasteiger charge is 2.39. The van der Waals surface area contributed by atoms with E-state index < -0.39 is 0 Å². The minimum Gasteiger partial charge on any atom is -0.375 e. The monoisotopic (exact) mass is 392 g/mol. The van der Waals surface area contributed by atoms with Gasteiger partial charge in [0.2, 0.25) is 0 Å². The molecule has 0 amide bonds. The second kappa shape index (κ2) is 6.84. The Morgan fingerprint density at radius 1 is 0.900 bits per heavy atom. The van der Waals surface area contributed by atoms with E-state index in [0.29, 0.717) is 5.92 Å². The van der Waals surface area contributed by atoms with Gasteiger partial charge in [-0.1, -0.05) is 18.2 Å². The van der Waals surface area contributed by atoms with Gasteiger partial charge in [0, 0.05) is 22.3 Å². The summed E-state index contributed by atoms with van der Waals surface area (Å²) in [7, 11) is 0. The summed E-state index contributed by atoms with van der Waals surface area (Å²) in [5.41, 5.74) is 4.95. The van der Waals surface area contributed by atoms with E-state index in [2.05, 4.69) is 89.3 Å². The Labute approximate surface area is 175 Å². The smallest absolute Gasteiger partial charge is 0.0677 e. The van der Waals surface area contributed by atoms with Gasteiger partial charge in [-0.3, -0.25) is 0 Å². The molecule has 1 aromatic heterocycles. The Kier molecular flexibility index (Phi) is 3.98. The second-order valence-corrected chi connectivity index (χ2v) is 8.53. The van der Waals surface area contributed by atoms with Crippen LogP contribution in [0.3, 0.4) is 0 Å². The minimum absolute atomic E-state index is 0.139. The van der Waals surface area contributed by atoms with Crippen molar-refractivity contribution in [1.82, 2.24) is 10.3 Å². The maximum absolute atomic E-state index is 4.89. The van der Waals surface area contributed by atoms with Gasteiger partial charge in [-0.2, -0.15) is 0 Å². The van der Waals surface area contributed by atoms with Crippen molar-refractivity contribution >= 4 is 23.6 Å². The number of hydrogen-bond acceptors (Lipinski definition) is 3. The number of H-pyrrole nitrogens is 1. The quantitative estimate of drug-likeness (QED) is 0.708. The van der Waals surface area contributed by atoms with E-state index in [1.54, 1.807) is 0 Å². The fraction of sp³-hybridized carbons (Fsp3) is 0.231. The van der Waals surface area contributed by atoms with Crippen LogP contribution in [0.15, 0.2) is 93.9 Å². The van der Waals surface area contributed by atoms with Gasteiger partial charge < -0.3 is 10.3 Å². The molecule has 148 valence electrons. The largest absolute Gasteiger partial charge is 0.375 e. The van der Waals surface area contributed by atoms with Gasteiger partial charge >= 0.3 is 0 Å². The molecular formula is C26H24N4. The average Bonchev–Trinajstić information content (AvgIpc) is 3.54. The number of aliphatic imine (C=N–C) groups is 2. The molecule has 1 aromatic rings. The topological polar surface area (TPSA) is 52.5 Å². The molecule has 6 rings (SSSR count). The van der Waals surface area contributed by atoms with Crippen molar-refractivity contribution in [2.45, 2.75) is 31.2 Å². The lowest BCUT2D eigenvalue weighted by molar-refractivity contribution is 0.327. The molecule has 2 atom stereocenters. The van der Waals surface area contributed by atoms with Gasteiger partial charge in [-0.25, -0.2) is 9.98 Å². The highest BCUT2D eigenvalue weighted by Crippen LogP contribution is 2.38. The van der Waals surface area contributed by atoms with Crippen LogP contribution in [0.5, 0.6) is 0 Å². The molecule has 0 radical (unpaired) electrons. The molecule has 5 heterocycles. The van der Waals surface area contributed by atoms with Gasteiger partial charge in [-0.15, -0.1) is 0 Å². The molecule has 0 saturated carbocycles. The molecule has 8 bridgehead atoms. The van der Waals surface area contributed by atoms with Crippen molar-refractivity contribution in [1.29, 1.82) is 0 Å². The van der Waals surface area contributed by atoms with Crippen LogP contribution in [0, 0.1) is 5.92 Å². The number of nitrogens with zero attached hydrogens (tertiary/aromatic N) is 2. The number of allylic oxidation sites excluding steroid dienone is 6. The third-order valence-corrected chi connectivity index (χ3v) is 6.37. The number of rotatable bonds is 1. The summed E-state index contributed by atoms with van der Waals surface area (Å²) in [6.07, 6.45) is 28.6. The highest BCUT2D eigenvalue weighted by atomic mass is 15.0. The maximum Gasteiger partial charge on any atom is 0.0677 e. The van der Waals surface area contributed by atoms with Gasteiger partial charge in [0.25, 0.3) is 0 Å². The summed E-state index contributed by atoms with van der Waals surface area (Å²) >= 11 is 0. The van der Waals surface area contributed by atoms with Crippen LogP contribution in [-0.4, -0.2) is 21.9 Å². The number of aromatic nitrogens is 1. The van der Waals surface area contributed by atoms with Crippen LogP contribution < -0.4 is 16.0 Å². The predicted octanol–water partition coefficient (Wildman–Crippen LogP) is 3.35. The fourth-order valence-electron chi connectivity index (χ4n) is 4.88. The molecule has 4 nitrogen and oxygen atoms in total. The zero-order chi connectivity index (χ0) is 20.0. The molecule has 0 spiro atoms. The van der Waals surface area contributed by atoms with E-state index in [1.165, 1.54) is 19.3 Å². The summed E-state index contributed by atoms with van der Waals surface area (Å²) < 4.78 is 0.